The SMILES string of the molecule is CC(C)CC(NC(=O)C(N)CCC(=O)O)C(=O)NC(CO)C(=O)NC(Cc1c[nH]c2ccccc12)C(=O)O. The Hall–Kier alpha value is -3.97. The van der Waals surface area contributed by atoms with Crippen molar-refractivity contribution in [1.29, 1.82) is 0 Å². The molecule has 208 valence electrons. The molecule has 0 bridgehead atoms. The van der Waals surface area contributed by atoms with Crippen molar-refractivity contribution in [2.75, 3.05) is 6.61 Å². The fraction of sp³-hybridized carbons (Fsp3) is 0.480. The van der Waals surface area contributed by atoms with Crippen LogP contribution in [0.5, 0.6) is 0 Å². The van der Waals surface area contributed by atoms with E-state index in [4.69, 9.17) is 10.8 Å². The minimum Gasteiger partial charge on any atom is -0.481 e. The summed E-state index contributed by atoms with van der Waals surface area (Å²) in [4.78, 5) is 63.8. The van der Waals surface area contributed by atoms with Crippen LogP contribution in [0.1, 0.15) is 38.7 Å². The third kappa shape index (κ3) is 8.85. The van der Waals surface area contributed by atoms with Crippen molar-refractivity contribution in [3.8, 4) is 0 Å². The van der Waals surface area contributed by atoms with Gasteiger partial charge in [0.15, 0.2) is 0 Å². The molecule has 0 radical (unpaired) electrons. The molecule has 0 fully saturated rings. The number of carbonyl (C=O) groups excluding carboxylic acids is 3. The second kappa shape index (κ2) is 14.1. The standard InChI is InChI=1S/C25H35N5O8/c1-13(2)9-18(28-22(34)16(26)7-8-21(32)33)23(35)30-20(12-31)24(36)29-19(25(37)38)10-14-11-27-17-6-4-3-5-15(14)17/h3-6,11,13,16,18-20,27,31H,7-10,12,26H2,1-2H3,(H,28,34)(H,29,36)(H,30,35)(H,32,33)(H,37,38). The van der Waals surface area contributed by atoms with Crippen molar-refractivity contribution >= 4 is 40.6 Å². The molecule has 38 heavy (non-hydrogen) atoms. The number of fused-ring (bicyclic) bond motifs is 1. The number of hydrogen-bond donors (Lipinski definition) is 8. The maximum Gasteiger partial charge on any atom is 0.326 e. The quantitative estimate of drug-likeness (QED) is 0.147. The van der Waals surface area contributed by atoms with E-state index in [1.165, 1.54) is 0 Å². The first-order chi connectivity index (χ1) is 17.9. The van der Waals surface area contributed by atoms with Gasteiger partial charge in [-0.05, 0) is 30.4 Å². The van der Waals surface area contributed by atoms with Gasteiger partial charge in [-0.25, -0.2) is 4.79 Å². The molecule has 1 aromatic heterocycles. The Morgan fingerprint density at radius 3 is 2.13 bits per heavy atom. The summed E-state index contributed by atoms with van der Waals surface area (Å²) in [5, 5.41) is 36.2. The van der Waals surface area contributed by atoms with Crippen molar-refractivity contribution in [2.45, 2.75) is 63.7 Å². The van der Waals surface area contributed by atoms with Crippen molar-refractivity contribution < 1.29 is 39.3 Å². The van der Waals surface area contributed by atoms with Gasteiger partial charge in [0.1, 0.15) is 18.1 Å². The summed E-state index contributed by atoms with van der Waals surface area (Å²) in [7, 11) is 0. The van der Waals surface area contributed by atoms with Gasteiger partial charge >= 0.3 is 11.9 Å². The number of nitrogens with two attached hydrogens (primary N) is 1. The van der Waals surface area contributed by atoms with Gasteiger partial charge in [0.25, 0.3) is 0 Å². The van der Waals surface area contributed by atoms with E-state index in [-0.39, 0.29) is 31.6 Å². The lowest BCUT2D eigenvalue weighted by Gasteiger charge is -2.25. The van der Waals surface area contributed by atoms with Crippen LogP contribution in [0.25, 0.3) is 10.9 Å². The molecule has 0 saturated heterocycles. The van der Waals surface area contributed by atoms with Gasteiger partial charge in [0.2, 0.25) is 17.7 Å². The van der Waals surface area contributed by atoms with E-state index in [9.17, 15) is 34.2 Å². The topological polar surface area (TPSA) is 224 Å². The number of rotatable bonds is 15. The Morgan fingerprint density at radius 2 is 1.53 bits per heavy atom. The Balaban J connectivity index is 2.07. The molecule has 0 aliphatic carbocycles. The molecule has 9 N–H and O–H groups in total. The lowest BCUT2D eigenvalue weighted by atomic mass is 10.0. The highest BCUT2D eigenvalue weighted by Crippen LogP contribution is 2.19. The number of amides is 3. The second-order valence-electron chi connectivity index (χ2n) is 9.44. The molecule has 2 aromatic rings. The number of benzene rings is 1. The maximum absolute atomic E-state index is 12.9. The minimum atomic E-state index is -1.49. The summed E-state index contributed by atoms with van der Waals surface area (Å²) in [6.07, 6.45) is 1.31. The number of carboxylic acid groups (broad SMARTS) is 2. The van der Waals surface area contributed by atoms with E-state index in [0.717, 1.165) is 10.9 Å². The van der Waals surface area contributed by atoms with Crippen LogP contribution in [-0.2, 0) is 30.4 Å². The first-order valence-corrected chi connectivity index (χ1v) is 12.2. The average molecular weight is 534 g/mol. The zero-order valence-electron chi connectivity index (χ0n) is 21.3. The number of carbonyl (C=O) groups is 5. The molecule has 1 heterocycles. The van der Waals surface area contributed by atoms with Crippen LogP contribution >= 0.6 is 0 Å². The van der Waals surface area contributed by atoms with Crippen LogP contribution in [0, 0.1) is 5.92 Å². The highest BCUT2D eigenvalue weighted by molar-refractivity contribution is 5.94. The van der Waals surface area contributed by atoms with Crippen molar-refractivity contribution in [1.82, 2.24) is 20.9 Å². The molecule has 4 unspecified atom stereocenters. The highest BCUT2D eigenvalue weighted by atomic mass is 16.4. The van der Waals surface area contributed by atoms with E-state index < -0.39 is 60.4 Å². The van der Waals surface area contributed by atoms with Gasteiger partial charge < -0.3 is 42.0 Å². The highest BCUT2D eigenvalue weighted by Gasteiger charge is 2.31. The summed E-state index contributed by atoms with van der Waals surface area (Å²) in [5.74, 6) is -4.91. The van der Waals surface area contributed by atoms with Gasteiger partial charge in [-0.3, -0.25) is 19.2 Å². The zero-order chi connectivity index (χ0) is 28.4. The number of para-hydroxylation sites is 1. The molecule has 13 heteroatoms. The summed E-state index contributed by atoms with van der Waals surface area (Å²) in [6, 6.07) is 2.16. The Bertz CT molecular complexity index is 1150. The molecule has 3 amide bonds. The van der Waals surface area contributed by atoms with Crippen molar-refractivity contribution in [3.05, 3.63) is 36.0 Å². The largest absolute Gasteiger partial charge is 0.481 e. The lowest BCUT2D eigenvalue weighted by Crippen LogP contribution is -2.58. The van der Waals surface area contributed by atoms with Crippen LogP contribution in [0.15, 0.2) is 30.5 Å². The lowest BCUT2D eigenvalue weighted by molar-refractivity contribution is -0.142. The summed E-state index contributed by atoms with van der Waals surface area (Å²) < 4.78 is 0. The number of aliphatic hydroxyl groups excluding tert-OH is 1. The number of nitrogens with one attached hydrogen (secondary N) is 4. The number of hydrogen-bond acceptors (Lipinski definition) is 7. The summed E-state index contributed by atoms with van der Waals surface area (Å²) >= 11 is 0. The van der Waals surface area contributed by atoms with Crippen LogP contribution in [0.4, 0.5) is 0 Å². The minimum absolute atomic E-state index is 0.0442. The van der Waals surface area contributed by atoms with Gasteiger partial charge in [-0.1, -0.05) is 32.0 Å². The molecule has 13 nitrogen and oxygen atoms in total. The number of H-pyrrole nitrogens is 1. The first-order valence-electron chi connectivity index (χ1n) is 12.2. The third-order valence-electron chi connectivity index (χ3n) is 5.88. The Labute approximate surface area is 219 Å². The number of carboxylic acids is 2. The molecular formula is C25H35N5O8. The molecule has 0 spiro atoms. The smallest absolute Gasteiger partial charge is 0.326 e. The summed E-state index contributed by atoms with van der Waals surface area (Å²) in [6.45, 7) is 2.78. The molecule has 1 aromatic carbocycles. The fourth-order valence-corrected chi connectivity index (χ4v) is 3.85. The summed E-state index contributed by atoms with van der Waals surface area (Å²) in [5.41, 5.74) is 7.19. The molecule has 0 saturated carbocycles. The predicted octanol–water partition coefficient (Wildman–Crippen LogP) is -0.520. The van der Waals surface area contributed by atoms with Crippen LogP contribution in [-0.4, -0.2) is 80.7 Å². The maximum atomic E-state index is 12.9. The molecule has 4 atom stereocenters. The van der Waals surface area contributed by atoms with E-state index in [2.05, 4.69) is 20.9 Å². The van der Waals surface area contributed by atoms with Gasteiger partial charge in [0, 0.05) is 29.9 Å². The normalized spacial score (nSPS) is 14.3. The van der Waals surface area contributed by atoms with E-state index >= 15 is 0 Å². The van der Waals surface area contributed by atoms with Crippen LogP contribution in [0.3, 0.4) is 0 Å². The number of aromatic nitrogens is 1. The molecule has 0 aliphatic rings. The first kappa shape index (κ1) is 30.3. The zero-order valence-corrected chi connectivity index (χ0v) is 21.3. The molecule has 2 rings (SSSR count). The van der Waals surface area contributed by atoms with Gasteiger partial charge in [0.05, 0.1) is 12.6 Å². The number of aliphatic carboxylic acids is 2. The van der Waals surface area contributed by atoms with E-state index in [1.807, 2.05) is 18.2 Å². The van der Waals surface area contributed by atoms with Crippen LogP contribution < -0.4 is 21.7 Å². The van der Waals surface area contributed by atoms with Gasteiger partial charge in [-0.2, -0.15) is 0 Å². The van der Waals surface area contributed by atoms with E-state index in [1.54, 1.807) is 26.1 Å². The van der Waals surface area contributed by atoms with Crippen LogP contribution in [0.2, 0.25) is 0 Å². The monoisotopic (exact) mass is 533 g/mol. The Morgan fingerprint density at radius 1 is 0.921 bits per heavy atom. The third-order valence-corrected chi connectivity index (χ3v) is 5.88. The Kier molecular flexibility index (Phi) is 11.2. The second-order valence-corrected chi connectivity index (χ2v) is 9.44. The predicted molar refractivity (Wildman–Crippen MR) is 137 cm³/mol. The van der Waals surface area contributed by atoms with Crippen molar-refractivity contribution in [3.63, 3.8) is 0 Å². The van der Waals surface area contributed by atoms with E-state index in [0.29, 0.717) is 5.56 Å². The average Bonchev–Trinajstić information content (AvgIpc) is 3.27. The van der Waals surface area contributed by atoms with Crippen molar-refractivity contribution in [2.24, 2.45) is 11.7 Å². The molecule has 0 aliphatic heterocycles. The fourth-order valence-electron chi connectivity index (χ4n) is 3.85. The number of aliphatic hydroxyl groups is 1. The van der Waals surface area contributed by atoms with Gasteiger partial charge in [-0.15, -0.1) is 0 Å². The number of aromatic amines is 1. The molecular weight excluding hydrogens is 498 g/mol.